The fraction of sp³-hybridized carbons (Fsp3) is 0.615. The third-order valence-electron chi connectivity index (χ3n) is 2.68. The smallest absolute Gasteiger partial charge is 0.122 e. The molecule has 90 valence electrons. The number of aliphatic hydroxyl groups excluding tert-OH is 1. The van der Waals surface area contributed by atoms with Crippen LogP contribution in [0.2, 0.25) is 0 Å². The number of methoxy groups -OCH3 is 1. The Hall–Kier alpha value is -1.09. The number of aliphatic hydroxyl groups is 1. The first-order valence-corrected chi connectivity index (χ1v) is 5.72. The second-order valence-corrected chi connectivity index (χ2v) is 4.49. The number of ether oxygens (including phenoxy) is 1. The summed E-state index contributed by atoms with van der Waals surface area (Å²) in [6.45, 7) is 5.99. The highest BCUT2D eigenvalue weighted by molar-refractivity contribution is 5.26. The summed E-state index contributed by atoms with van der Waals surface area (Å²) in [5, 5.41) is 9.72. The van der Waals surface area contributed by atoms with Crippen LogP contribution in [-0.4, -0.2) is 23.3 Å². The van der Waals surface area contributed by atoms with Crippen LogP contribution in [0.25, 0.3) is 0 Å². The number of hydrogen-bond donors (Lipinski definition) is 1. The Balaban J connectivity index is 2.63. The Morgan fingerprint density at radius 3 is 2.62 bits per heavy atom. The molecular weight excluding hydrogens is 202 g/mol. The Labute approximate surface area is 97.5 Å². The van der Waals surface area contributed by atoms with Crippen LogP contribution >= 0.6 is 0 Å². The normalized spacial score (nSPS) is 12.9. The average molecular weight is 223 g/mol. The lowest BCUT2D eigenvalue weighted by atomic mass is 10.0. The lowest BCUT2D eigenvalue weighted by molar-refractivity contribution is 0.116. The summed E-state index contributed by atoms with van der Waals surface area (Å²) < 4.78 is 5.19. The van der Waals surface area contributed by atoms with E-state index in [4.69, 9.17) is 4.74 Å². The van der Waals surface area contributed by atoms with Gasteiger partial charge in [-0.1, -0.05) is 13.8 Å². The second kappa shape index (κ2) is 5.85. The first kappa shape index (κ1) is 13.0. The first-order chi connectivity index (χ1) is 7.52. The maximum atomic E-state index is 9.72. The van der Waals surface area contributed by atoms with Crippen molar-refractivity contribution in [3.63, 3.8) is 0 Å². The molecule has 0 saturated heterocycles. The SMILES string of the molecule is COc1cc(C)nc(CCC(O)C(C)C)c1. The van der Waals surface area contributed by atoms with Gasteiger partial charge in [0.1, 0.15) is 5.75 Å². The minimum absolute atomic E-state index is 0.256. The van der Waals surface area contributed by atoms with E-state index in [2.05, 4.69) is 4.98 Å². The highest BCUT2D eigenvalue weighted by Crippen LogP contribution is 2.16. The van der Waals surface area contributed by atoms with Crippen LogP contribution in [-0.2, 0) is 6.42 Å². The Morgan fingerprint density at radius 1 is 1.38 bits per heavy atom. The quantitative estimate of drug-likeness (QED) is 0.833. The Kier molecular flexibility index (Phi) is 4.74. The molecule has 16 heavy (non-hydrogen) atoms. The van der Waals surface area contributed by atoms with Gasteiger partial charge in [-0.25, -0.2) is 0 Å². The van der Waals surface area contributed by atoms with Gasteiger partial charge in [0, 0.05) is 23.5 Å². The van der Waals surface area contributed by atoms with Crippen molar-refractivity contribution >= 4 is 0 Å². The van der Waals surface area contributed by atoms with Crippen molar-refractivity contribution in [3.05, 3.63) is 23.5 Å². The standard InChI is InChI=1S/C13H21NO2/c1-9(2)13(15)6-5-11-8-12(16-4)7-10(3)14-11/h7-9,13,15H,5-6H2,1-4H3. The van der Waals surface area contributed by atoms with Gasteiger partial charge in [0.15, 0.2) is 0 Å². The van der Waals surface area contributed by atoms with Crippen molar-refractivity contribution in [1.29, 1.82) is 0 Å². The molecular formula is C13H21NO2. The van der Waals surface area contributed by atoms with Gasteiger partial charge < -0.3 is 9.84 Å². The Bertz CT molecular complexity index is 337. The summed E-state index contributed by atoms with van der Waals surface area (Å²) in [5.74, 6) is 1.13. The van der Waals surface area contributed by atoms with E-state index in [0.717, 1.165) is 30.0 Å². The zero-order valence-electron chi connectivity index (χ0n) is 10.5. The van der Waals surface area contributed by atoms with E-state index >= 15 is 0 Å². The zero-order valence-corrected chi connectivity index (χ0v) is 10.5. The van der Waals surface area contributed by atoms with Gasteiger partial charge in [-0.15, -0.1) is 0 Å². The molecule has 0 saturated carbocycles. The first-order valence-electron chi connectivity index (χ1n) is 5.72. The van der Waals surface area contributed by atoms with Gasteiger partial charge in [0.2, 0.25) is 0 Å². The van der Waals surface area contributed by atoms with Gasteiger partial charge in [-0.05, 0) is 25.7 Å². The van der Waals surface area contributed by atoms with E-state index in [1.54, 1.807) is 7.11 Å². The highest BCUT2D eigenvalue weighted by atomic mass is 16.5. The van der Waals surface area contributed by atoms with Crippen LogP contribution in [0.15, 0.2) is 12.1 Å². The average Bonchev–Trinajstić information content (AvgIpc) is 2.24. The largest absolute Gasteiger partial charge is 0.497 e. The molecule has 1 heterocycles. The third-order valence-corrected chi connectivity index (χ3v) is 2.68. The number of nitrogens with zero attached hydrogens (tertiary/aromatic N) is 1. The van der Waals surface area contributed by atoms with Crippen LogP contribution in [0, 0.1) is 12.8 Å². The van der Waals surface area contributed by atoms with E-state index in [9.17, 15) is 5.11 Å². The molecule has 0 aliphatic heterocycles. The molecule has 0 spiro atoms. The molecule has 0 radical (unpaired) electrons. The minimum atomic E-state index is -0.256. The molecule has 0 aromatic carbocycles. The van der Waals surface area contributed by atoms with Gasteiger partial charge in [0.25, 0.3) is 0 Å². The van der Waals surface area contributed by atoms with E-state index in [0.29, 0.717) is 5.92 Å². The van der Waals surface area contributed by atoms with Crippen LogP contribution in [0.5, 0.6) is 5.75 Å². The van der Waals surface area contributed by atoms with Crippen LogP contribution in [0.3, 0.4) is 0 Å². The van der Waals surface area contributed by atoms with E-state index < -0.39 is 0 Å². The third kappa shape index (κ3) is 3.81. The second-order valence-electron chi connectivity index (χ2n) is 4.49. The molecule has 1 aromatic heterocycles. The lowest BCUT2D eigenvalue weighted by Crippen LogP contribution is -2.15. The molecule has 0 amide bonds. The summed E-state index contributed by atoms with van der Waals surface area (Å²) in [5.41, 5.74) is 1.94. The summed E-state index contributed by atoms with van der Waals surface area (Å²) in [4.78, 5) is 4.42. The predicted octanol–water partition coefficient (Wildman–Crippen LogP) is 2.35. The number of aromatic nitrogens is 1. The van der Waals surface area contributed by atoms with E-state index in [-0.39, 0.29) is 6.10 Å². The van der Waals surface area contributed by atoms with E-state index in [1.165, 1.54) is 0 Å². The molecule has 0 bridgehead atoms. The minimum Gasteiger partial charge on any atom is -0.497 e. The molecule has 1 rings (SSSR count). The summed E-state index contributed by atoms with van der Waals surface area (Å²) in [6.07, 6.45) is 1.28. The molecule has 1 unspecified atom stereocenters. The number of aryl methyl sites for hydroxylation is 2. The maximum Gasteiger partial charge on any atom is 0.122 e. The molecule has 3 nitrogen and oxygen atoms in total. The maximum absolute atomic E-state index is 9.72. The molecule has 0 aliphatic rings. The predicted molar refractivity (Wildman–Crippen MR) is 64.7 cm³/mol. The fourth-order valence-electron chi connectivity index (χ4n) is 1.58. The zero-order chi connectivity index (χ0) is 12.1. The van der Waals surface area contributed by atoms with Crippen molar-refractivity contribution in [3.8, 4) is 5.75 Å². The molecule has 1 N–H and O–H groups in total. The van der Waals surface area contributed by atoms with Crippen LogP contribution in [0.4, 0.5) is 0 Å². The van der Waals surface area contributed by atoms with Gasteiger partial charge in [0.05, 0.1) is 13.2 Å². The van der Waals surface area contributed by atoms with Gasteiger partial charge >= 0.3 is 0 Å². The lowest BCUT2D eigenvalue weighted by Gasteiger charge is -2.14. The molecule has 3 heteroatoms. The fourth-order valence-corrected chi connectivity index (χ4v) is 1.58. The summed E-state index contributed by atoms with van der Waals surface area (Å²) >= 11 is 0. The monoisotopic (exact) mass is 223 g/mol. The van der Waals surface area contributed by atoms with E-state index in [1.807, 2.05) is 32.9 Å². The highest BCUT2D eigenvalue weighted by Gasteiger charge is 2.10. The molecule has 0 fully saturated rings. The van der Waals surface area contributed by atoms with Crippen LogP contribution < -0.4 is 4.74 Å². The van der Waals surface area contributed by atoms with Crippen molar-refractivity contribution in [2.45, 2.75) is 39.7 Å². The number of pyridine rings is 1. The Morgan fingerprint density at radius 2 is 2.06 bits per heavy atom. The van der Waals surface area contributed by atoms with Crippen molar-refractivity contribution in [1.82, 2.24) is 4.98 Å². The van der Waals surface area contributed by atoms with Gasteiger partial charge in [-0.2, -0.15) is 0 Å². The summed E-state index contributed by atoms with van der Waals surface area (Å²) in [6, 6.07) is 3.84. The topological polar surface area (TPSA) is 42.4 Å². The number of hydrogen-bond acceptors (Lipinski definition) is 3. The molecule has 1 atom stereocenters. The number of rotatable bonds is 5. The molecule has 0 aliphatic carbocycles. The van der Waals surface area contributed by atoms with Crippen molar-refractivity contribution < 1.29 is 9.84 Å². The van der Waals surface area contributed by atoms with Gasteiger partial charge in [-0.3, -0.25) is 4.98 Å². The summed E-state index contributed by atoms with van der Waals surface area (Å²) in [7, 11) is 1.65. The van der Waals surface area contributed by atoms with Crippen LogP contribution in [0.1, 0.15) is 31.7 Å². The van der Waals surface area contributed by atoms with Crippen molar-refractivity contribution in [2.24, 2.45) is 5.92 Å². The van der Waals surface area contributed by atoms with Crippen molar-refractivity contribution in [2.75, 3.05) is 7.11 Å². The molecule has 1 aromatic rings.